The van der Waals surface area contributed by atoms with Gasteiger partial charge < -0.3 is 20.1 Å². The van der Waals surface area contributed by atoms with Crippen LogP contribution in [0.2, 0.25) is 0 Å². The number of fused-ring (bicyclic) bond motifs is 1. The molecule has 50 heavy (non-hydrogen) atoms. The first-order valence-electron chi connectivity index (χ1n) is 16.1. The Morgan fingerprint density at radius 3 is 2.48 bits per heavy atom. The maximum absolute atomic E-state index is 13.6. The second-order valence-corrected chi connectivity index (χ2v) is 12.6. The van der Waals surface area contributed by atoms with E-state index in [1.54, 1.807) is 24.7 Å². The largest absolute Gasteiger partial charge is 0.416 e. The normalized spacial score (nSPS) is 12.7. The molecule has 260 valence electrons. The van der Waals surface area contributed by atoms with Gasteiger partial charge in [-0.1, -0.05) is 80.9 Å². The second kappa shape index (κ2) is 15.9. The molecule has 0 bridgehead atoms. The molecule has 1 aromatic heterocycles. The van der Waals surface area contributed by atoms with Crippen LogP contribution in [-0.2, 0) is 30.5 Å². The number of carbonyl (C=O) groups excluding carboxylic acids is 1. The predicted octanol–water partition coefficient (Wildman–Crippen LogP) is 7.98. The molecule has 2 atom stereocenters. The highest BCUT2D eigenvalue weighted by molar-refractivity contribution is 7.80. The number of nitrogens with zero attached hydrogens (tertiary/aromatic N) is 4. The first-order valence-corrected chi connectivity index (χ1v) is 16.5. The molecular weight excluding hydrogens is 666 g/mol. The molecule has 1 amide bonds. The van der Waals surface area contributed by atoms with Gasteiger partial charge in [0.05, 0.1) is 23.2 Å². The molecule has 0 aliphatic rings. The number of halogens is 3. The lowest BCUT2D eigenvalue weighted by molar-refractivity contribution is -0.384. The quantitative estimate of drug-likeness (QED) is 0.0728. The molecule has 4 aromatic carbocycles. The minimum Gasteiger partial charge on any atom is -0.351 e. The number of thiocarbonyl (C=S) groups is 1. The van der Waals surface area contributed by atoms with Crippen molar-refractivity contribution in [3.63, 3.8) is 0 Å². The maximum atomic E-state index is 13.6. The molecule has 2 N–H and O–H groups in total. The van der Waals surface area contributed by atoms with Crippen LogP contribution >= 0.6 is 12.2 Å². The lowest BCUT2D eigenvalue weighted by Gasteiger charge is -2.33. The number of anilines is 1. The Balaban J connectivity index is 1.36. The minimum atomic E-state index is -4.51. The van der Waals surface area contributed by atoms with E-state index in [2.05, 4.69) is 15.6 Å². The van der Waals surface area contributed by atoms with Gasteiger partial charge in [0.25, 0.3) is 5.69 Å². The van der Waals surface area contributed by atoms with E-state index in [9.17, 15) is 28.1 Å². The number of aromatic nitrogens is 2. The molecular formula is C37H37F3N6O3S. The van der Waals surface area contributed by atoms with Crippen molar-refractivity contribution < 1.29 is 22.9 Å². The van der Waals surface area contributed by atoms with Gasteiger partial charge in [-0.15, -0.1) is 0 Å². The Labute approximate surface area is 293 Å². The summed E-state index contributed by atoms with van der Waals surface area (Å²) in [6, 6.07) is 24.6. The van der Waals surface area contributed by atoms with Crippen LogP contribution in [0.25, 0.3) is 10.8 Å². The monoisotopic (exact) mass is 702 g/mol. The van der Waals surface area contributed by atoms with Crippen LogP contribution in [0.3, 0.4) is 0 Å². The molecule has 5 aromatic rings. The van der Waals surface area contributed by atoms with E-state index >= 15 is 0 Å². The van der Waals surface area contributed by atoms with Crippen molar-refractivity contribution >= 4 is 45.4 Å². The summed E-state index contributed by atoms with van der Waals surface area (Å²) in [5, 5.41) is 19.5. The number of hydrogen-bond acceptors (Lipinski definition) is 5. The van der Waals surface area contributed by atoms with Crippen LogP contribution in [-0.4, -0.2) is 43.0 Å². The summed E-state index contributed by atoms with van der Waals surface area (Å²) in [5.41, 5.74) is 1.87. The van der Waals surface area contributed by atoms with Gasteiger partial charge in [0.15, 0.2) is 5.11 Å². The second-order valence-electron chi connectivity index (χ2n) is 12.2. The molecule has 1 heterocycles. The van der Waals surface area contributed by atoms with E-state index in [-0.39, 0.29) is 47.3 Å². The van der Waals surface area contributed by atoms with E-state index < -0.39 is 16.7 Å². The van der Waals surface area contributed by atoms with Crippen molar-refractivity contribution in [2.24, 2.45) is 5.92 Å². The standard InChI is InChI=1S/C37H37F3N6O3S/c1-3-25(2)34(43-35(47)19-32-20-41-24-45(32)21-26-14-16-31(17-15-26)46(48)49)23-44(22-28-10-6-9-27-8-4-5-13-33(27)28)36(50)42-30-12-7-11-29(18-30)37(38,39)40/h4-18,20,24-25,34H,3,19,21-23H2,1-2H3,(H,42,50)(H,43,47). The highest BCUT2D eigenvalue weighted by Crippen LogP contribution is 2.31. The predicted molar refractivity (Wildman–Crippen MR) is 192 cm³/mol. The van der Waals surface area contributed by atoms with Crippen molar-refractivity contribution in [1.29, 1.82) is 0 Å². The molecule has 0 aliphatic heterocycles. The smallest absolute Gasteiger partial charge is 0.351 e. The van der Waals surface area contributed by atoms with Crippen LogP contribution in [0.1, 0.15) is 42.7 Å². The third kappa shape index (κ3) is 9.23. The molecule has 0 saturated heterocycles. The maximum Gasteiger partial charge on any atom is 0.416 e. The first kappa shape index (κ1) is 36.0. The van der Waals surface area contributed by atoms with Crippen molar-refractivity contribution in [2.45, 2.75) is 52.0 Å². The third-order valence-electron chi connectivity index (χ3n) is 8.70. The number of nitro groups is 1. The number of amides is 1. The number of benzene rings is 4. The topological polar surface area (TPSA) is 105 Å². The van der Waals surface area contributed by atoms with Crippen molar-refractivity contribution in [1.82, 2.24) is 19.8 Å². The number of non-ortho nitro benzene ring substituents is 1. The van der Waals surface area contributed by atoms with Gasteiger partial charge in [0.2, 0.25) is 5.91 Å². The van der Waals surface area contributed by atoms with Crippen molar-refractivity contribution in [3.05, 3.63) is 136 Å². The Hall–Kier alpha value is -5.30. The summed E-state index contributed by atoms with van der Waals surface area (Å²) < 4.78 is 42.3. The van der Waals surface area contributed by atoms with Crippen molar-refractivity contribution in [3.8, 4) is 0 Å². The van der Waals surface area contributed by atoms with E-state index in [0.717, 1.165) is 40.5 Å². The van der Waals surface area contributed by atoms with Gasteiger partial charge in [0.1, 0.15) is 0 Å². The van der Waals surface area contributed by atoms with Crippen molar-refractivity contribution in [2.75, 3.05) is 11.9 Å². The van der Waals surface area contributed by atoms with Crippen LogP contribution in [0.5, 0.6) is 0 Å². The van der Waals surface area contributed by atoms with E-state index in [1.807, 2.05) is 65.8 Å². The van der Waals surface area contributed by atoms with Gasteiger partial charge in [-0.3, -0.25) is 14.9 Å². The first-order chi connectivity index (χ1) is 23.9. The number of hydrogen-bond donors (Lipinski definition) is 2. The van der Waals surface area contributed by atoms with Crippen LogP contribution in [0.15, 0.2) is 104 Å². The lowest BCUT2D eigenvalue weighted by atomic mass is 9.97. The summed E-state index contributed by atoms with van der Waals surface area (Å²) in [5.74, 6) is -0.210. The summed E-state index contributed by atoms with van der Waals surface area (Å²) in [4.78, 5) is 30.3. The fourth-order valence-electron chi connectivity index (χ4n) is 5.70. The number of imidazole rings is 1. The number of rotatable bonds is 13. The van der Waals surface area contributed by atoms with Gasteiger partial charge >= 0.3 is 6.18 Å². The SMILES string of the molecule is CCC(C)C(CN(Cc1cccc2ccccc12)C(=S)Nc1cccc(C(F)(F)F)c1)NC(=O)Cc1cncn1Cc1ccc([N+](=O)[O-])cc1. The molecule has 5 rings (SSSR count). The van der Waals surface area contributed by atoms with Gasteiger partial charge in [-0.05, 0) is 58.2 Å². The zero-order valence-corrected chi connectivity index (χ0v) is 28.4. The van der Waals surface area contributed by atoms with E-state index in [4.69, 9.17) is 12.2 Å². The number of alkyl halides is 3. The van der Waals surface area contributed by atoms with Gasteiger partial charge in [0, 0.05) is 55.4 Å². The van der Waals surface area contributed by atoms with Gasteiger partial charge in [-0.2, -0.15) is 13.2 Å². The van der Waals surface area contributed by atoms with E-state index in [0.29, 0.717) is 18.8 Å². The minimum absolute atomic E-state index is 0.00549. The average Bonchev–Trinajstić information content (AvgIpc) is 3.52. The highest BCUT2D eigenvalue weighted by Gasteiger charge is 2.31. The highest BCUT2D eigenvalue weighted by atomic mass is 32.1. The number of nitrogens with one attached hydrogen (secondary N) is 2. The lowest BCUT2D eigenvalue weighted by Crippen LogP contribution is -2.50. The Morgan fingerprint density at radius 2 is 1.76 bits per heavy atom. The Morgan fingerprint density at radius 1 is 1.04 bits per heavy atom. The average molecular weight is 703 g/mol. The fraction of sp³-hybridized carbons (Fsp3) is 0.270. The Kier molecular flexibility index (Phi) is 11.5. The molecule has 0 spiro atoms. The van der Waals surface area contributed by atoms with Gasteiger partial charge in [-0.25, -0.2) is 4.98 Å². The molecule has 0 radical (unpaired) electrons. The fourth-order valence-corrected chi connectivity index (χ4v) is 5.96. The number of nitro benzene ring substituents is 1. The summed E-state index contributed by atoms with van der Waals surface area (Å²) >= 11 is 5.84. The molecule has 0 fully saturated rings. The third-order valence-corrected chi connectivity index (χ3v) is 9.06. The molecule has 13 heteroatoms. The van der Waals surface area contributed by atoms with E-state index in [1.165, 1.54) is 24.3 Å². The summed E-state index contributed by atoms with van der Waals surface area (Å²) in [6.07, 6.45) is -0.496. The summed E-state index contributed by atoms with van der Waals surface area (Å²) in [7, 11) is 0. The molecule has 2 unspecified atom stereocenters. The summed E-state index contributed by atoms with van der Waals surface area (Å²) in [6.45, 7) is 5.07. The van der Waals surface area contributed by atoms with Crippen LogP contribution < -0.4 is 10.6 Å². The zero-order chi connectivity index (χ0) is 35.8. The zero-order valence-electron chi connectivity index (χ0n) is 27.6. The molecule has 0 saturated carbocycles. The van der Waals surface area contributed by atoms with Crippen LogP contribution in [0, 0.1) is 16.0 Å². The molecule has 0 aliphatic carbocycles. The van der Waals surface area contributed by atoms with Crippen LogP contribution in [0.4, 0.5) is 24.5 Å². The Bertz CT molecular complexity index is 1960. The number of carbonyl (C=O) groups is 1. The molecule has 9 nitrogen and oxygen atoms in total.